The molecular weight excluding hydrogens is 272 g/mol. The molecule has 1 aromatic carbocycles. The quantitative estimate of drug-likeness (QED) is 0.845. The molecule has 2 aliphatic carbocycles. The third-order valence-electron chi connectivity index (χ3n) is 5.12. The van der Waals surface area contributed by atoms with Crippen LogP contribution in [0.3, 0.4) is 0 Å². The maximum absolute atomic E-state index is 12.2. The molecule has 120 valence electrons. The average Bonchev–Trinajstić information content (AvgIpc) is 3.36. The second-order valence-corrected chi connectivity index (χ2v) is 7.13. The normalized spacial score (nSPS) is 26.4. The van der Waals surface area contributed by atoms with Crippen molar-refractivity contribution in [3.63, 3.8) is 0 Å². The van der Waals surface area contributed by atoms with Crippen LogP contribution in [0.4, 0.5) is 0 Å². The van der Waals surface area contributed by atoms with Crippen LogP contribution in [-0.4, -0.2) is 18.5 Å². The van der Waals surface area contributed by atoms with Crippen LogP contribution in [-0.2, 0) is 4.79 Å². The molecule has 0 saturated heterocycles. The smallest absolute Gasteiger partial charge is 0.234 e. The van der Waals surface area contributed by atoms with Gasteiger partial charge in [-0.1, -0.05) is 37.3 Å². The van der Waals surface area contributed by atoms with Crippen molar-refractivity contribution in [2.45, 2.75) is 57.5 Å². The van der Waals surface area contributed by atoms with Crippen LogP contribution in [0.2, 0.25) is 0 Å². The van der Waals surface area contributed by atoms with Gasteiger partial charge in [0.15, 0.2) is 0 Å². The van der Waals surface area contributed by atoms with Crippen LogP contribution in [0.15, 0.2) is 30.3 Å². The molecule has 1 unspecified atom stereocenters. The van der Waals surface area contributed by atoms with Gasteiger partial charge in [-0.2, -0.15) is 0 Å². The molecule has 1 aromatic rings. The minimum atomic E-state index is 0.154. The largest absolute Gasteiger partial charge is 0.352 e. The summed E-state index contributed by atoms with van der Waals surface area (Å²) in [6.45, 7) is 2.74. The summed E-state index contributed by atoms with van der Waals surface area (Å²) < 4.78 is 0. The van der Waals surface area contributed by atoms with Crippen LogP contribution in [0.5, 0.6) is 0 Å². The Kier molecular flexibility index (Phi) is 5.14. The molecule has 3 heteroatoms. The topological polar surface area (TPSA) is 41.1 Å². The number of rotatable bonds is 6. The maximum atomic E-state index is 12.2. The Morgan fingerprint density at radius 3 is 2.41 bits per heavy atom. The molecule has 1 atom stereocenters. The van der Waals surface area contributed by atoms with Crippen molar-refractivity contribution in [3.8, 4) is 0 Å². The lowest BCUT2D eigenvalue weighted by Gasteiger charge is -2.27. The molecule has 0 aliphatic heterocycles. The summed E-state index contributed by atoms with van der Waals surface area (Å²) in [7, 11) is 0. The first kappa shape index (κ1) is 15.5. The Labute approximate surface area is 133 Å². The van der Waals surface area contributed by atoms with Gasteiger partial charge in [-0.15, -0.1) is 0 Å². The fourth-order valence-electron chi connectivity index (χ4n) is 3.53. The molecule has 1 amide bonds. The third-order valence-corrected chi connectivity index (χ3v) is 5.12. The molecular formula is C19H28N2O. The van der Waals surface area contributed by atoms with Crippen molar-refractivity contribution >= 4 is 5.91 Å². The van der Waals surface area contributed by atoms with Gasteiger partial charge in [0.25, 0.3) is 0 Å². The third kappa shape index (κ3) is 4.33. The first-order valence-electron chi connectivity index (χ1n) is 8.80. The predicted octanol–water partition coefficient (Wildman–Crippen LogP) is 3.42. The molecule has 3 nitrogen and oxygen atoms in total. The minimum absolute atomic E-state index is 0.154. The molecule has 2 fully saturated rings. The van der Waals surface area contributed by atoms with Crippen molar-refractivity contribution < 1.29 is 4.79 Å². The first-order valence-corrected chi connectivity index (χ1v) is 8.80. The van der Waals surface area contributed by atoms with Crippen molar-refractivity contribution in [2.24, 2.45) is 11.8 Å². The molecule has 3 rings (SSSR count). The summed E-state index contributed by atoms with van der Waals surface area (Å²) in [4.78, 5) is 12.2. The van der Waals surface area contributed by atoms with Gasteiger partial charge in [-0.3, -0.25) is 4.79 Å². The predicted molar refractivity (Wildman–Crippen MR) is 89.5 cm³/mol. The standard InChI is InChI=1S/C19H28N2O/c1-14-7-11-17(12-8-14)21-18(22)13-20-19(16-9-10-16)15-5-3-2-4-6-15/h2-6,14,16-17,19-20H,7-13H2,1H3,(H,21,22). The number of benzene rings is 1. The molecule has 0 radical (unpaired) electrons. The zero-order chi connectivity index (χ0) is 15.4. The highest BCUT2D eigenvalue weighted by atomic mass is 16.2. The van der Waals surface area contributed by atoms with Crippen LogP contribution in [0.1, 0.15) is 57.1 Å². The van der Waals surface area contributed by atoms with Crippen molar-refractivity contribution in [3.05, 3.63) is 35.9 Å². The highest BCUT2D eigenvalue weighted by Crippen LogP contribution is 2.40. The molecule has 0 aromatic heterocycles. The van der Waals surface area contributed by atoms with E-state index >= 15 is 0 Å². The number of hydrogen-bond acceptors (Lipinski definition) is 2. The lowest BCUT2D eigenvalue weighted by molar-refractivity contribution is -0.121. The Balaban J connectivity index is 1.47. The van der Waals surface area contributed by atoms with Crippen LogP contribution >= 0.6 is 0 Å². The summed E-state index contributed by atoms with van der Waals surface area (Å²) in [6, 6.07) is 11.3. The summed E-state index contributed by atoms with van der Waals surface area (Å²) in [6.07, 6.45) is 7.30. The fourth-order valence-corrected chi connectivity index (χ4v) is 3.53. The van der Waals surface area contributed by atoms with Gasteiger partial charge < -0.3 is 10.6 Å². The Bertz CT molecular complexity index is 475. The monoisotopic (exact) mass is 300 g/mol. The van der Waals surface area contributed by atoms with E-state index in [1.54, 1.807) is 0 Å². The van der Waals surface area contributed by atoms with Gasteiger partial charge in [0.05, 0.1) is 6.54 Å². The Hall–Kier alpha value is -1.35. The van der Waals surface area contributed by atoms with Crippen LogP contribution in [0.25, 0.3) is 0 Å². The van der Waals surface area contributed by atoms with E-state index in [0.717, 1.165) is 18.8 Å². The van der Waals surface area contributed by atoms with E-state index in [-0.39, 0.29) is 5.91 Å². The molecule has 2 saturated carbocycles. The maximum Gasteiger partial charge on any atom is 0.234 e. The molecule has 0 bridgehead atoms. The zero-order valence-electron chi connectivity index (χ0n) is 13.6. The fraction of sp³-hybridized carbons (Fsp3) is 0.632. The Morgan fingerprint density at radius 2 is 1.77 bits per heavy atom. The van der Waals surface area contributed by atoms with Crippen molar-refractivity contribution in [1.82, 2.24) is 10.6 Å². The van der Waals surface area contributed by atoms with E-state index in [1.165, 1.54) is 31.2 Å². The summed E-state index contributed by atoms with van der Waals surface area (Å²) in [5, 5.41) is 6.69. The van der Waals surface area contributed by atoms with Gasteiger partial charge in [0.1, 0.15) is 0 Å². The first-order chi connectivity index (χ1) is 10.7. The summed E-state index contributed by atoms with van der Waals surface area (Å²) in [5.74, 6) is 1.68. The molecule has 0 heterocycles. The lowest BCUT2D eigenvalue weighted by atomic mass is 9.87. The van der Waals surface area contributed by atoms with Gasteiger partial charge in [0.2, 0.25) is 5.91 Å². The van der Waals surface area contributed by atoms with E-state index in [4.69, 9.17) is 0 Å². The molecule has 0 spiro atoms. The number of carbonyl (C=O) groups is 1. The van der Waals surface area contributed by atoms with Gasteiger partial charge in [-0.05, 0) is 55.9 Å². The minimum Gasteiger partial charge on any atom is -0.352 e. The lowest BCUT2D eigenvalue weighted by Crippen LogP contribution is -2.42. The van der Waals surface area contributed by atoms with Gasteiger partial charge in [0, 0.05) is 12.1 Å². The SMILES string of the molecule is CC1CCC(NC(=O)CNC(c2ccccc2)C2CC2)CC1. The second-order valence-electron chi connectivity index (χ2n) is 7.13. The van der Waals surface area contributed by atoms with Crippen LogP contribution < -0.4 is 10.6 Å². The summed E-state index contributed by atoms with van der Waals surface area (Å²) >= 11 is 0. The van der Waals surface area contributed by atoms with Gasteiger partial charge in [-0.25, -0.2) is 0 Å². The zero-order valence-corrected chi connectivity index (χ0v) is 13.6. The van der Waals surface area contributed by atoms with Gasteiger partial charge >= 0.3 is 0 Å². The molecule has 2 aliphatic rings. The van der Waals surface area contributed by atoms with E-state index in [2.05, 4.69) is 41.8 Å². The Morgan fingerprint density at radius 1 is 1.09 bits per heavy atom. The molecule has 2 N–H and O–H groups in total. The number of carbonyl (C=O) groups excluding carboxylic acids is 1. The van der Waals surface area contributed by atoms with Crippen molar-refractivity contribution in [2.75, 3.05) is 6.54 Å². The highest BCUT2D eigenvalue weighted by Gasteiger charge is 2.32. The van der Waals surface area contributed by atoms with E-state index in [1.807, 2.05) is 6.07 Å². The van der Waals surface area contributed by atoms with E-state index < -0.39 is 0 Å². The van der Waals surface area contributed by atoms with E-state index in [0.29, 0.717) is 24.5 Å². The van der Waals surface area contributed by atoms with Crippen molar-refractivity contribution in [1.29, 1.82) is 0 Å². The second kappa shape index (κ2) is 7.28. The van der Waals surface area contributed by atoms with E-state index in [9.17, 15) is 4.79 Å². The highest BCUT2D eigenvalue weighted by molar-refractivity contribution is 5.78. The number of nitrogens with one attached hydrogen (secondary N) is 2. The number of hydrogen-bond donors (Lipinski definition) is 2. The molecule has 22 heavy (non-hydrogen) atoms. The summed E-state index contributed by atoms with van der Waals surface area (Å²) in [5.41, 5.74) is 1.31. The van der Waals surface area contributed by atoms with Crippen LogP contribution in [0, 0.1) is 11.8 Å². The number of amides is 1. The average molecular weight is 300 g/mol.